The first-order valence-electron chi connectivity index (χ1n) is 8.04. The van der Waals surface area contributed by atoms with Crippen molar-refractivity contribution in [1.82, 2.24) is 45.5 Å². The summed E-state index contributed by atoms with van der Waals surface area (Å²) in [7, 11) is 0. The van der Waals surface area contributed by atoms with E-state index in [2.05, 4.69) is 45.5 Å². The normalized spacial score (nSPS) is 17.5. The first-order valence-corrected chi connectivity index (χ1v) is 8.04. The highest BCUT2D eigenvalue weighted by Gasteiger charge is 2.26. The minimum atomic E-state index is 0.479. The van der Waals surface area contributed by atoms with Crippen LogP contribution in [0.3, 0.4) is 0 Å². The molecular formula is C15H21N9. The van der Waals surface area contributed by atoms with Crippen LogP contribution >= 0.6 is 0 Å². The van der Waals surface area contributed by atoms with Crippen molar-refractivity contribution in [1.29, 1.82) is 0 Å². The maximum atomic E-state index is 4.36. The maximum Gasteiger partial charge on any atom is 0.0923 e. The second-order valence-corrected chi connectivity index (χ2v) is 6.11. The number of aromatic amines is 3. The monoisotopic (exact) mass is 327 g/mol. The standard InChI is InChI=1S/C15H21N9/c1(13-2-16-9-19-13)12-5-23(7-14-3-17-10-20-14)22-24(6-12)8-15-4-18-11-21-15/h2-4,9-12,22H,1,5-8H2,(H,16,19)(H,17,20)(H,18,21). The van der Waals surface area contributed by atoms with E-state index >= 15 is 0 Å². The molecule has 1 aliphatic rings. The van der Waals surface area contributed by atoms with E-state index in [1.54, 1.807) is 19.0 Å². The summed E-state index contributed by atoms with van der Waals surface area (Å²) >= 11 is 0. The molecule has 0 bridgehead atoms. The number of hydrogen-bond donors (Lipinski definition) is 4. The minimum Gasteiger partial charge on any atom is -0.351 e. The summed E-state index contributed by atoms with van der Waals surface area (Å²) in [6, 6.07) is 0. The van der Waals surface area contributed by atoms with Crippen LogP contribution in [0.5, 0.6) is 0 Å². The van der Waals surface area contributed by atoms with E-state index in [9.17, 15) is 0 Å². The van der Waals surface area contributed by atoms with E-state index in [0.717, 1.165) is 49.7 Å². The topological polar surface area (TPSA) is 105 Å². The summed E-state index contributed by atoms with van der Waals surface area (Å²) in [5, 5.41) is 4.40. The first kappa shape index (κ1) is 15.1. The zero-order valence-corrected chi connectivity index (χ0v) is 13.3. The van der Waals surface area contributed by atoms with Crippen LogP contribution in [0.2, 0.25) is 0 Å². The average Bonchev–Trinajstić information content (AvgIpc) is 3.30. The van der Waals surface area contributed by atoms with Gasteiger partial charge in [-0.1, -0.05) is 0 Å². The fourth-order valence-electron chi connectivity index (χ4n) is 3.14. The van der Waals surface area contributed by atoms with Gasteiger partial charge in [-0.25, -0.2) is 25.0 Å². The summed E-state index contributed by atoms with van der Waals surface area (Å²) in [5.41, 5.74) is 6.60. The molecule has 0 radical (unpaired) electrons. The molecule has 1 aliphatic heterocycles. The Balaban J connectivity index is 1.44. The highest BCUT2D eigenvalue weighted by Crippen LogP contribution is 2.16. The summed E-state index contributed by atoms with van der Waals surface area (Å²) < 4.78 is 0. The van der Waals surface area contributed by atoms with Crippen molar-refractivity contribution < 1.29 is 0 Å². The second-order valence-electron chi connectivity index (χ2n) is 6.11. The van der Waals surface area contributed by atoms with Crippen molar-refractivity contribution in [2.45, 2.75) is 19.5 Å². The van der Waals surface area contributed by atoms with Crippen LogP contribution in [0.1, 0.15) is 17.1 Å². The van der Waals surface area contributed by atoms with Crippen LogP contribution in [-0.2, 0) is 19.5 Å². The largest absolute Gasteiger partial charge is 0.351 e. The molecule has 126 valence electrons. The molecule has 4 rings (SSSR count). The Hall–Kier alpha value is -2.49. The quantitative estimate of drug-likeness (QED) is 0.524. The fourth-order valence-corrected chi connectivity index (χ4v) is 3.14. The third-order valence-corrected chi connectivity index (χ3v) is 4.11. The zero-order valence-electron chi connectivity index (χ0n) is 13.3. The lowest BCUT2D eigenvalue weighted by atomic mass is 10.0. The molecular weight excluding hydrogens is 306 g/mol. The molecule has 0 aromatic carbocycles. The van der Waals surface area contributed by atoms with Crippen molar-refractivity contribution in [3.05, 3.63) is 54.7 Å². The van der Waals surface area contributed by atoms with Crippen molar-refractivity contribution in [2.24, 2.45) is 5.92 Å². The van der Waals surface area contributed by atoms with Gasteiger partial charge in [0.15, 0.2) is 0 Å². The van der Waals surface area contributed by atoms with Gasteiger partial charge in [0.1, 0.15) is 0 Å². The Morgan fingerprint density at radius 1 is 0.792 bits per heavy atom. The van der Waals surface area contributed by atoms with Crippen molar-refractivity contribution >= 4 is 0 Å². The maximum absolute atomic E-state index is 4.36. The van der Waals surface area contributed by atoms with Gasteiger partial charge in [0.05, 0.1) is 49.2 Å². The third kappa shape index (κ3) is 3.70. The van der Waals surface area contributed by atoms with Crippen molar-refractivity contribution in [3.8, 4) is 0 Å². The van der Waals surface area contributed by atoms with Gasteiger partial charge in [-0.2, -0.15) is 5.53 Å². The number of imidazole rings is 3. The molecule has 9 nitrogen and oxygen atoms in total. The van der Waals surface area contributed by atoms with Crippen LogP contribution in [0.4, 0.5) is 0 Å². The Morgan fingerprint density at radius 3 is 1.75 bits per heavy atom. The Kier molecular flexibility index (Phi) is 4.36. The van der Waals surface area contributed by atoms with Crippen LogP contribution < -0.4 is 5.53 Å². The van der Waals surface area contributed by atoms with Crippen molar-refractivity contribution in [3.63, 3.8) is 0 Å². The number of H-pyrrole nitrogens is 3. The molecule has 0 amide bonds. The minimum absolute atomic E-state index is 0.479. The average molecular weight is 327 g/mol. The van der Waals surface area contributed by atoms with E-state index in [-0.39, 0.29) is 0 Å². The van der Waals surface area contributed by atoms with Gasteiger partial charge in [0.25, 0.3) is 0 Å². The fraction of sp³-hybridized carbons (Fsp3) is 0.400. The molecule has 9 heteroatoms. The van der Waals surface area contributed by atoms with Gasteiger partial charge < -0.3 is 15.0 Å². The Labute approximate surface area is 139 Å². The number of aromatic nitrogens is 6. The lowest BCUT2D eigenvalue weighted by molar-refractivity contribution is -0.0552. The van der Waals surface area contributed by atoms with E-state index in [4.69, 9.17) is 0 Å². The molecule has 0 atom stereocenters. The highest BCUT2D eigenvalue weighted by atomic mass is 15.8. The van der Waals surface area contributed by atoms with Gasteiger partial charge in [-0.15, -0.1) is 0 Å². The van der Waals surface area contributed by atoms with Gasteiger partial charge in [0.2, 0.25) is 0 Å². The van der Waals surface area contributed by atoms with Crippen LogP contribution in [0, 0.1) is 5.92 Å². The zero-order chi connectivity index (χ0) is 16.2. The van der Waals surface area contributed by atoms with Crippen LogP contribution in [-0.4, -0.2) is 53.0 Å². The summed E-state index contributed by atoms with van der Waals surface area (Å²) in [6.07, 6.45) is 11.9. The van der Waals surface area contributed by atoms with Crippen LogP contribution in [0.15, 0.2) is 37.6 Å². The third-order valence-electron chi connectivity index (χ3n) is 4.11. The molecule has 0 unspecified atom stereocenters. The molecule has 0 spiro atoms. The first-order chi connectivity index (χ1) is 11.8. The summed E-state index contributed by atoms with van der Waals surface area (Å²) in [6.45, 7) is 3.38. The molecule has 24 heavy (non-hydrogen) atoms. The van der Waals surface area contributed by atoms with Crippen molar-refractivity contribution in [2.75, 3.05) is 13.1 Å². The molecule has 0 saturated carbocycles. The lowest BCUT2D eigenvalue weighted by Crippen LogP contribution is -2.58. The number of nitrogens with one attached hydrogen (secondary N) is 4. The molecule has 3 aromatic rings. The number of hydrazine groups is 2. The van der Waals surface area contributed by atoms with Gasteiger partial charge in [0, 0.05) is 31.7 Å². The predicted molar refractivity (Wildman–Crippen MR) is 86.9 cm³/mol. The Bertz CT molecular complexity index is 598. The number of hydrogen-bond acceptors (Lipinski definition) is 6. The SMILES string of the molecule is c1nc(CC2CN(Cc3c[nH]cn3)NN(Cc3c[nH]cn3)C2)c[nH]1. The van der Waals surface area contributed by atoms with E-state index in [0.29, 0.717) is 5.92 Å². The summed E-state index contributed by atoms with van der Waals surface area (Å²) in [5.74, 6) is 0.479. The highest BCUT2D eigenvalue weighted by molar-refractivity contribution is 4.99. The molecule has 4 heterocycles. The number of rotatable bonds is 6. The molecule has 1 fully saturated rings. The predicted octanol–water partition coefficient (Wildman–Crippen LogP) is 0.452. The summed E-state index contributed by atoms with van der Waals surface area (Å²) in [4.78, 5) is 22.1. The Morgan fingerprint density at radius 2 is 1.29 bits per heavy atom. The van der Waals surface area contributed by atoms with Crippen LogP contribution in [0.25, 0.3) is 0 Å². The number of nitrogens with zero attached hydrogens (tertiary/aromatic N) is 5. The van der Waals surface area contributed by atoms with E-state index in [1.165, 1.54) is 0 Å². The van der Waals surface area contributed by atoms with Gasteiger partial charge in [-0.3, -0.25) is 0 Å². The van der Waals surface area contributed by atoms with Gasteiger partial charge in [-0.05, 0) is 12.3 Å². The van der Waals surface area contributed by atoms with E-state index < -0.39 is 0 Å². The van der Waals surface area contributed by atoms with Gasteiger partial charge >= 0.3 is 0 Å². The molecule has 1 saturated heterocycles. The molecule has 0 aliphatic carbocycles. The van der Waals surface area contributed by atoms with E-state index in [1.807, 2.05) is 18.6 Å². The smallest absolute Gasteiger partial charge is 0.0923 e. The second kappa shape index (κ2) is 6.95. The lowest BCUT2D eigenvalue weighted by Gasteiger charge is -2.40. The molecule has 3 aromatic heterocycles. The molecule has 4 N–H and O–H groups in total.